The van der Waals surface area contributed by atoms with Crippen molar-refractivity contribution in [2.24, 2.45) is 5.92 Å². The molecule has 2 rings (SSSR count). The van der Waals surface area contributed by atoms with Crippen molar-refractivity contribution in [2.45, 2.75) is 65.6 Å². The van der Waals surface area contributed by atoms with Gasteiger partial charge in [0.2, 0.25) is 0 Å². The highest BCUT2D eigenvalue weighted by Gasteiger charge is 2.20. The number of hydrogen-bond acceptors (Lipinski definition) is 2. The quantitative estimate of drug-likeness (QED) is 0.850. The molecule has 2 unspecified atom stereocenters. The van der Waals surface area contributed by atoms with E-state index >= 15 is 0 Å². The molecule has 0 radical (unpaired) electrons. The third-order valence-electron chi connectivity index (χ3n) is 3.84. The van der Waals surface area contributed by atoms with Gasteiger partial charge in [0.25, 0.3) is 0 Å². The number of rotatable bonds is 5. The highest BCUT2D eigenvalue weighted by molar-refractivity contribution is 5.10. The Balaban J connectivity index is 1.91. The fourth-order valence-corrected chi connectivity index (χ4v) is 2.75. The van der Waals surface area contributed by atoms with E-state index in [1.165, 1.54) is 30.7 Å². The molecule has 1 aliphatic rings. The molecule has 1 aliphatic carbocycles. The van der Waals surface area contributed by atoms with Gasteiger partial charge in [0, 0.05) is 19.1 Å². The Hall–Kier alpha value is -0.830. The van der Waals surface area contributed by atoms with Crippen molar-refractivity contribution in [2.75, 3.05) is 0 Å². The molecule has 3 nitrogen and oxygen atoms in total. The first kappa shape index (κ1) is 12.6. The summed E-state index contributed by atoms with van der Waals surface area (Å²) in [5.74, 6) is 0.898. The highest BCUT2D eigenvalue weighted by Crippen LogP contribution is 2.24. The Bertz CT molecular complexity index is 356. The number of hydrogen-bond donors (Lipinski definition) is 1. The fraction of sp³-hybridized carbons (Fsp3) is 0.786. The first-order chi connectivity index (χ1) is 8.22. The van der Waals surface area contributed by atoms with Gasteiger partial charge in [-0.25, -0.2) is 0 Å². The zero-order chi connectivity index (χ0) is 12.3. The maximum Gasteiger partial charge on any atom is 0.0625 e. The molecule has 1 aromatic rings. The van der Waals surface area contributed by atoms with Gasteiger partial charge in [-0.15, -0.1) is 0 Å². The summed E-state index contributed by atoms with van der Waals surface area (Å²) in [6.07, 6.45) is 5.08. The van der Waals surface area contributed by atoms with Crippen molar-refractivity contribution >= 4 is 0 Å². The lowest BCUT2D eigenvalue weighted by Crippen LogP contribution is -2.27. The van der Waals surface area contributed by atoms with E-state index in [-0.39, 0.29) is 0 Å². The predicted molar refractivity (Wildman–Crippen MR) is 70.9 cm³/mol. The molecule has 1 heterocycles. The van der Waals surface area contributed by atoms with Gasteiger partial charge in [0.15, 0.2) is 0 Å². The van der Waals surface area contributed by atoms with Crippen molar-refractivity contribution in [3.8, 4) is 0 Å². The highest BCUT2D eigenvalue weighted by atomic mass is 15.3. The van der Waals surface area contributed by atoms with Crippen molar-refractivity contribution in [3.05, 3.63) is 17.5 Å². The van der Waals surface area contributed by atoms with Gasteiger partial charge >= 0.3 is 0 Å². The molecule has 0 spiro atoms. The maximum absolute atomic E-state index is 4.58. The van der Waals surface area contributed by atoms with Crippen molar-refractivity contribution < 1.29 is 0 Å². The second kappa shape index (κ2) is 5.67. The Morgan fingerprint density at radius 3 is 2.82 bits per heavy atom. The summed E-state index contributed by atoms with van der Waals surface area (Å²) in [6.45, 7) is 8.62. The minimum Gasteiger partial charge on any atom is -0.308 e. The van der Waals surface area contributed by atoms with Crippen LogP contribution in [0.3, 0.4) is 0 Å². The fourth-order valence-electron chi connectivity index (χ4n) is 2.75. The van der Waals surface area contributed by atoms with E-state index in [0.29, 0.717) is 0 Å². The van der Waals surface area contributed by atoms with E-state index in [2.05, 4.69) is 41.9 Å². The van der Waals surface area contributed by atoms with Crippen LogP contribution < -0.4 is 5.32 Å². The first-order valence-corrected chi connectivity index (χ1v) is 7.01. The summed E-state index contributed by atoms with van der Waals surface area (Å²) in [5.41, 5.74) is 2.55. The third-order valence-corrected chi connectivity index (χ3v) is 3.84. The van der Waals surface area contributed by atoms with Crippen molar-refractivity contribution in [3.63, 3.8) is 0 Å². The van der Waals surface area contributed by atoms with Crippen LogP contribution in [0.1, 0.15) is 51.4 Å². The normalized spacial score (nSPS) is 24.4. The topological polar surface area (TPSA) is 29.9 Å². The lowest BCUT2D eigenvalue weighted by atomic mass is 10.1. The maximum atomic E-state index is 4.58. The molecule has 1 aromatic heterocycles. The molecule has 1 fully saturated rings. The van der Waals surface area contributed by atoms with Crippen LogP contribution in [0.5, 0.6) is 0 Å². The van der Waals surface area contributed by atoms with Crippen molar-refractivity contribution in [1.29, 1.82) is 0 Å². The number of aryl methyl sites for hydroxylation is 2. The minimum absolute atomic E-state index is 0.718. The van der Waals surface area contributed by atoms with Gasteiger partial charge in [-0.1, -0.05) is 13.8 Å². The lowest BCUT2D eigenvalue weighted by molar-refractivity contribution is 0.483. The summed E-state index contributed by atoms with van der Waals surface area (Å²) in [6, 6.07) is 2.96. The van der Waals surface area contributed by atoms with Gasteiger partial charge in [-0.05, 0) is 44.6 Å². The molecule has 17 heavy (non-hydrogen) atoms. The van der Waals surface area contributed by atoms with Crippen LogP contribution in [0.15, 0.2) is 6.07 Å². The van der Waals surface area contributed by atoms with Crippen LogP contribution >= 0.6 is 0 Å². The SMILES string of the molecule is CCc1cc(CNC2CCC(C)C2)n(CC)n1. The smallest absolute Gasteiger partial charge is 0.0625 e. The monoisotopic (exact) mass is 235 g/mol. The van der Waals surface area contributed by atoms with Crippen LogP contribution in [0.2, 0.25) is 0 Å². The Labute approximate surface area is 105 Å². The molecule has 3 heteroatoms. The molecule has 0 saturated heterocycles. The van der Waals surface area contributed by atoms with Crippen LogP contribution in [0.4, 0.5) is 0 Å². The number of aromatic nitrogens is 2. The summed E-state index contributed by atoms with van der Waals surface area (Å²) in [5, 5.41) is 8.26. The second-order valence-corrected chi connectivity index (χ2v) is 5.29. The average molecular weight is 235 g/mol. The van der Waals surface area contributed by atoms with Crippen molar-refractivity contribution in [1.82, 2.24) is 15.1 Å². The standard InChI is InChI=1S/C14H25N3/c1-4-12-9-14(17(5-2)16-12)10-15-13-7-6-11(3)8-13/h9,11,13,15H,4-8,10H2,1-3H3. The van der Waals surface area contributed by atoms with Gasteiger partial charge in [0.05, 0.1) is 11.4 Å². The molecule has 1 N–H and O–H groups in total. The van der Waals surface area contributed by atoms with E-state index in [0.717, 1.165) is 31.5 Å². The summed E-state index contributed by atoms with van der Waals surface area (Å²) >= 11 is 0. The van der Waals surface area contributed by atoms with Gasteiger partial charge < -0.3 is 5.32 Å². The molecule has 0 amide bonds. The summed E-state index contributed by atoms with van der Waals surface area (Å²) in [4.78, 5) is 0. The molecule has 96 valence electrons. The van der Waals surface area contributed by atoms with E-state index in [1.807, 2.05) is 0 Å². The summed E-state index contributed by atoms with van der Waals surface area (Å²) in [7, 11) is 0. The van der Waals surface area contributed by atoms with E-state index in [9.17, 15) is 0 Å². The molecule has 2 atom stereocenters. The van der Waals surface area contributed by atoms with Gasteiger partial charge in [0.1, 0.15) is 0 Å². The largest absolute Gasteiger partial charge is 0.308 e. The predicted octanol–water partition coefficient (Wildman–Crippen LogP) is 2.74. The average Bonchev–Trinajstić information content (AvgIpc) is 2.92. The Kier molecular flexibility index (Phi) is 4.21. The van der Waals surface area contributed by atoms with Crippen LogP contribution in [0, 0.1) is 5.92 Å². The lowest BCUT2D eigenvalue weighted by Gasteiger charge is -2.12. The number of nitrogens with zero attached hydrogens (tertiary/aromatic N) is 2. The Morgan fingerprint density at radius 2 is 2.24 bits per heavy atom. The number of nitrogens with one attached hydrogen (secondary N) is 1. The molecular formula is C14H25N3. The van der Waals surface area contributed by atoms with Gasteiger partial charge in [-0.3, -0.25) is 4.68 Å². The van der Waals surface area contributed by atoms with Crippen LogP contribution in [-0.4, -0.2) is 15.8 Å². The zero-order valence-corrected chi connectivity index (χ0v) is 11.4. The first-order valence-electron chi connectivity index (χ1n) is 7.01. The van der Waals surface area contributed by atoms with Crippen LogP contribution in [0.25, 0.3) is 0 Å². The van der Waals surface area contributed by atoms with Gasteiger partial charge in [-0.2, -0.15) is 5.10 Å². The van der Waals surface area contributed by atoms with E-state index in [4.69, 9.17) is 0 Å². The minimum atomic E-state index is 0.718. The molecule has 1 saturated carbocycles. The third kappa shape index (κ3) is 3.09. The summed E-state index contributed by atoms with van der Waals surface area (Å²) < 4.78 is 2.13. The molecule has 0 aromatic carbocycles. The molecular weight excluding hydrogens is 210 g/mol. The zero-order valence-electron chi connectivity index (χ0n) is 11.4. The van der Waals surface area contributed by atoms with E-state index in [1.54, 1.807) is 0 Å². The van der Waals surface area contributed by atoms with E-state index < -0.39 is 0 Å². The van der Waals surface area contributed by atoms with Crippen LogP contribution in [-0.2, 0) is 19.5 Å². The molecule has 0 aliphatic heterocycles. The molecule has 0 bridgehead atoms. The Morgan fingerprint density at radius 1 is 1.41 bits per heavy atom. The second-order valence-electron chi connectivity index (χ2n) is 5.29.